The number of nitrogens with zero attached hydrogens (tertiary/aromatic N) is 4. The van der Waals surface area contributed by atoms with Crippen molar-refractivity contribution in [1.29, 1.82) is 10.5 Å². The molecule has 2 rings (SSSR count). The zero-order valence-corrected chi connectivity index (χ0v) is 12.5. The Labute approximate surface area is 138 Å². The number of phenols is 2. The molecular weight excluding hydrogens is 304 g/mol. The molecule has 6 heteroatoms. The van der Waals surface area contributed by atoms with E-state index in [9.17, 15) is 10.2 Å². The van der Waals surface area contributed by atoms with Crippen molar-refractivity contribution in [2.45, 2.75) is 0 Å². The normalized spacial score (nSPS) is 11.9. The van der Waals surface area contributed by atoms with Crippen molar-refractivity contribution in [2.75, 3.05) is 0 Å². The van der Waals surface area contributed by atoms with Crippen LogP contribution in [-0.2, 0) is 0 Å². The summed E-state index contributed by atoms with van der Waals surface area (Å²) in [5.41, 5.74) is 0.416. The first-order chi connectivity index (χ1) is 11.7. The third-order valence-corrected chi connectivity index (χ3v) is 2.98. The standard InChI is InChI=1S/C18H12N4O2/c19-9-15(21-11-13-5-1-3-7-17(13)23)16(10-20)22-12-14-6-2-4-8-18(14)24/h1-8,11-12,23-24H/b16-15+,21-11+,22-12+. The fourth-order valence-corrected chi connectivity index (χ4v) is 1.75. The second-order valence-electron chi connectivity index (χ2n) is 4.55. The number of allylic oxidation sites excluding steroid dienone is 2. The minimum Gasteiger partial charge on any atom is -0.507 e. The maximum atomic E-state index is 9.66. The topological polar surface area (TPSA) is 113 Å². The molecule has 0 saturated carbocycles. The number of hydrogen-bond acceptors (Lipinski definition) is 6. The van der Waals surface area contributed by atoms with Crippen LogP contribution in [0.1, 0.15) is 11.1 Å². The van der Waals surface area contributed by atoms with Crippen LogP contribution in [0.15, 0.2) is 69.9 Å². The van der Waals surface area contributed by atoms with E-state index in [1.807, 2.05) is 0 Å². The molecule has 0 bridgehead atoms. The van der Waals surface area contributed by atoms with Crippen LogP contribution in [0.5, 0.6) is 11.5 Å². The first-order valence-electron chi connectivity index (χ1n) is 6.84. The Morgan fingerprint density at radius 2 is 1.12 bits per heavy atom. The number of aliphatic imine (C=N–C) groups is 2. The summed E-state index contributed by atoms with van der Waals surface area (Å²) >= 11 is 0. The van der Waals surface area contributed by atoms with E-state index in [0.29, 0.717) is 11.1 Å². The highest BCUT2D eigenvalue weighted by molar-refractivity contribution is 5.85. The summed E-state index contributed by atoms with van der Waals surface area (Å²) in [6.45, 7) is 0. The Morgan fingerprint density at radius 3 is 1.46 bits per heavy atom. The van der Waals surface area contributed by atoms with Crippen LogP contribution < -0.4 is 0 Å². The third-order valence-electron chi connectivity index (χ3n) is 2.98. The predicted molar refractivity (Wildman–Crippen MR) is 89.7 cm³/mol. The third kappa shape index (κ3) is 4.06. The van der Waals surface area contributed by atoms with E-state index in [4.69, 9.17) is 10.5 Å². The fraction of sp³-hybridized carbons (Fsp3) is 0. The summed E-state index contributed by atoms with van der Waals surface area (Å²) in [5.74, 6) is 0.0181. The summed E-state index contributed by atoms with van der Waals surface area (Å²) in [6.07, 6.45) is 2.56. The van der Waals surface area contributed by atoms with Gasteiger partial charge in [-0.2, -0.15) is 10.5 Å². The Bertz CT molecular complexity index is 840. The van der Waals surface area contributed by atoms with E-state index in [0.717, 1.165) is 0 Å². The lowest BCUT2D eigenvalue weighted by Crippen LogP contribution is -1.88. The van der Waals surface area contributed by atoms with Crippen molar-refractivity contribution in [3.05, 3.63) is 71.1 Å². The van der Waals surface area contributed by atoms with Crippen molar-refractivity contribution in [3.63, 3.8) is 0 Å². The zero-order valence-electron chi connectivity index (χ0n) is 12.5. The molecule has 0 radical (unpaired) electrons. The highest BCUT2D eigenvalue weighted by Crippen LogP contribution is 2.16. The maximum absolute atomic E-state index is 9.66. The molecule has 0 aliphatic carbocycles. The van der Waals surface area contributed by atoms with Crippen LogP contribution in [0.3, 0.4) is 0 Å². The number of aromatic hydroxyl groups is 2. The Hall–Kier alpha value is -3.90. The Morgan fingerprint density at radius 1 is 0.750 bits per heavy atom. The smallest absolute Gasteiger partial charge is 0.176 e. The lowest BCUT2D eigenvalue weighted by Gasteiger charge is -1.98. The molecule has 0 spiro atoms. The highest BCUT2D eigenvalue weighted by atomic mass is 16.3. The van der Waals surface area contributed by atoms with E-state index in [-0.39, 0.29) is 22.9 Å². The molecule has 0 amide bonds. The zero-order chi connectivity index (χ0) is 17.4. The van der Waals surface area contributed by atoms with Crippen molar-refractivity contribution < 1.29 is 10.2 Å². The molecular formula is C18H12N4O2. The number of rotatable bonds is 4. The van der Waals surface area contributed by atoms with Gasteiger partial charge in [-0.05, 0) is 24.3 Å². The minimum absolute atomic E-state index is 0.00903. The van der Waals surface area contributed by atoms with Crippen molar-refractivity contribution in [1.82, 2.24) is 0 Å². The van der Waals surface area contributed by atoms with Crippen LogP contribution in [0.4, 0.5) is 0 Å². The summed E-state index contributed by atoms with van der Waals surface area (Å²) < 4.78 is 0. The predicted octanol–water partition coefficient (Wildman–Crippen LogP) is 2.89. The first kappa shape index (κ1) is 16.5. The Balaban J connectivity index is 2.34. The second-order valence-corrected chi connectivity index (χ2v) is 4.55. The van der Waals surface area contributed by atoms with E-state index in [1.54, 1.807) is 48.5 Å². The number of hydrogen-bond donors (Lipinski definition) is 2. The van der Waals surface area contributed by atoms with Crippen molar-refractivity contribution in [2.24, 2.45) is 9.98 Å². The lowest BCUT2D eigenvalue weighted by molar-refractivity contribution is 0.474. The van der Waals surface area contributed by atoms with Crippen LogP contribution in [0, 0.1) is 22.7 Å². The van der Waals surface area contributed by atoms with Gasteiger partial charge in [-0.1, -0.05) is 24.3 Å². The molecule has 0 aliphatic rings. The van der Waals surface area contributed by atoms with Gasteiger partial charge in [0.25, 0.3) is 0 Å². The van der Waals surface area contributed by atoms with E-state index >= 15 is 0 Å². The molecule has 2 aromatic carbocycles. The highest BCUT2D eigenvalue weighted by Gasteiger charge is 2.04. The number of benzene rings is 2. The van der Waals surface area contributed by atoms with Crippen molar-refractivity contribution >= 4 is 12.4 Å². The van der Waals surface area contributed by atoms with E-state index in [2.05, 4.69) is 9.98 Å². The molecule has 6 nitrogen and oxygen atoms in total. The molecule has 0 aromatic heterocycles. The van der Waals surface area contributed by atoms with E-state index < -0.39 is 0 Å². The Kier molecular flexibility index (Phi) is 5.44. The molecule has 0 heterocycles. The number of nitriles is 2. The van der Waals surface area contributed by atoms with Gasteiger partial charge < -0.3 is 10.2 Å². The molecule has 0 saturated heterocycles. The molecule has 0 aliphatic heterocycles. The molecule has 0 fully saturated rings. The molecule has 2 N–H and O–H groups in total. The molecule has 2 aromatic rings. The van der Waals surface area contributed by atoms with E-state index in [1.165, 1.54) is 24.6 Å². The van der Waals surface area contributed by atoms with Crippen LogP contribution in [0.25, 0.3) is 0 Å². The molecule has 24 heavy (non-hydrogen) atoms. The molecule has 0 atom stereocenters. The largest absolute Gasteiger partial charge is 0.507 e. The molecule has 0 unspecified atom stereocenters. The van der Waals surface area contributed by atoms with Gasteiger partial charge in [-0.25, -0.2) is 9.98 Å². The lowest BCUT2D eigenvalue weighted by atomic mass is 10.2. The summed E-state index contributed by atoms with van der Waals surface area (Å²) in [6, 6.07) is 16.5. The SMILES string of the molecule is N#CC(/N=C/c1ccccc1O)=C(C#N)\N=C\c1ccccc1O. The summed E-state index contributed by atoms with van der Waals surface area (Å²) in [4.78, 5) is 7.83. The summed E-state index contributed by atoms with van der Waals surface area (Å²) in [5, 5.41) is 37.7. The van der Waals surface area contributed by atoms with Gasteiger partial charge in [-0.15, -0.1) is 0 Å². The van der Waals surface area contributed by atoms with Crippen LogP contribution in [-0.4, -0.2) is 22.6 Å². The minimum atomic E-state index is -0.201. The van der Waals surface area contributed by atoms with Crippen LogP contribution in [0.2, 0.25) is 0 Å². The quantitative estimate of drug-likeness (QED) is 0.667. The van der Waals surface area contributed by atoms with Crippen molar-refractivity contribution in [3.8, 4) is 23.6 Å². The first-order valence-corrected chi connectivity index (χ1v) is 6.84. The fourth-order valence-electron chi connectivity index (χ4n) is 1.75. The number of para-hydroxylation sites is 2. The van der Waals surface area contributed by atoms with Gasteiger partial charge in [0.2, 0.25) is 0 Å². The van der Waals surface area contributed by atoms with Crippen LogP contribution >= 0.6 is 0 Å². The van der Waals surface area contributed by atoms with Gasteiger partial charge in [0.05, 0.1) is 0 Å². The second kappa shape index (κ2) is 7.92. The average Bonchev–Trinajstić information content (AvgIpc) is 2.60. The maximum Gasteiger partial charge on any atom is 0.176 e. The number of phenolic OH excluding ortho intramolecular Hbond substituents is 2. The van der Waals surface area contributed by atoms with Gasteiger partial charge in [0.15, 0.2) is 11.4 Å². The van der Waals surface area contributed by atoms with Gasteiger partial charge in [-0.3, -0.25) is 0 Å². The van der Waals surface area contributed by atoms with Gasteiger partial charge in [0.1, 0.15) is 23.6 Å². The summed E-state index contributed by atoms with van der Waals surface area (Å²) in [7, 11) is 0. The monoisotopic (exact) mass is 316 g/mol. The van der Waals surface area contributed by atoms with Gasteiger partial charge in [0, 0.05) is 23.6 Å². The molecule has 116 valence electrons. The average molecular weight is 316 g/mol. The van der Waals surface area contributed by atoms with Gasteiger partial charge >= 0.3 is 0 Å².